The highest BCUT2D eigenvalue weighted by atomic mass is 79.9. The highest BCUT2D eigenvalue weighted by Gasteiger charge is 2.04. The molecule has 0 heterocycles. The zero-order chi connectivity index (χ0) is 18.1. The quantitative estimate of drug-likeness (QED) is 0.730. The largest absolute Gasteiger partial charge is 0.507 e. The molecule has 0 unspecified atom stereocenters. The molecular weight excluding hydrogens is 444 g/mol. The van der Waals surface area contributed by atoms with Crippen LogP contribution in [0.4, 0.5) is 0 Å². The molecule has 0 fully saturated rings. The van der Waals surface area contributed by atoms with Crippen molar-refractivity contribution in [2.75, 3.05) is 6.61 Å². The first kappa shape index (κ1) is 19.5. The number of rotatable bonds is 3. The lowest BCUT2D eigenvalue weighted by atomic mass is 10.2. The number of carboxylic acid groups (broad SMARTS) is 1. The second-order valence-electron chi connectivity index (χ2n) is 4.22. The van der Waals surface area contributed by atoms with E-state index in [1.165, 1.54) is 6.07 Å². The Bertz CT molecular complexity index is 826. The van der Waals surface area contributed by atoms with Crippen LogP contribution in [0, 0.1) is 22.7 Å². The minimum Gasteiger partial charge on any atom is -0.507 e. The van der Waals surface area contributed by atoms with Gasteiger partial charge in [-0.25, -0.2) is 4.79 Å². The van der Waals surface area contributed by atoms with Crippen molar-refractivity contribution in [2.24, 2.45) is 0 Å². The van der Waals surface area contributed by atoms with Crippen molar-refractivity contribution in [3.8, 4) is 23.6 Å². The molecule has 8 heteroatoms. The van der Waals surface area contributed by atoms with Gasteiger partial charge in [0.25, 0.3) is 0 Å². The summed E-state index contributed by atoms with van der Waals surface area (Å²) in [6, 6.07) is 13.2. The van der Waals surface area contributed by atoms with Crippen molar-refractivity contribution in [2.45, 2.75) is 0 Å². The molecule has 0 aliphatic rings. The molecule has 2 aromatic rings. The predicted octanol–water partition coefficient (Wildman–Crippen LogP) is 3.81. The zero-order valence-electron chi connectivity index (χ0n) is 12.0. The van der Waals surface area contributed by atoms with E-state index in [2.05, 4.69) is 31.9 Å². The van der Waals surface area contributed by atoms with Crippen molar-refractivity contribution in [3.63, 3.8) is 0 Å². The number of carbonyl (C=O) groups is 1. The fourth-order valence-corrected chi connectivity index (χ4v) is 2.28. The van der Waals surface area contributed by atoms with Gasteiger partial charge in [0.2, 0.25) is 0 Å². The Hall–Kier alpha value is -2.55. The highest BCUT2D eigenvalue weighted by molar-refractivity contribution is 9.10. The molecule has 122 valence electrons. The topological polar surface area (TPSA) is 114 Å². The van der Waals surface area contributed by atoms with E-state index in [0.717, 1.165) is 0 Å². The molecule has 0 aliphatic heterocycles. The second-order valence-corrected chi connectivity index (χ2v) is 5.93. The average molecular weight is 454 g/mol. The van der Waals surface area contributed by atoms with E-state index in [1.807, 2.05) is 12.1 Å². The van der Waals surface area contributed by atoms with E-state index in [1.54, 1.807) is 30.3 Å². The summed E-state index contributed by atoms with van der Waals surface area (Å²) in [6.07, 6.45) is 0. The van der Waals surface area contributed by atoms with Crippen LogP contribution >= 0.6 is 31.9 Å². The van der Waals surface area contributed by atoms with Gasteiger partial charge >= 0.3 is 5.97 Å². The van der Waals surface area contributed by atoms with Crippen molar-refractivity contribution in [1.82, 2.24) is 0 Å². The van der Waals surface area contributed by atoms with E-state index < -0.39 is 12.6 Å². The first-order valence-electron chi connectivity index (χ1n) is 6.30. The van der Waals surface area contributed by atoms with Crippen molar-refractivity contribution in [3.05, 3.63) is 56.5 Å². The van der Waals surface area contributed by atoms with Crippen LogP contribution in [0.15, 0.2) is 45.3 Å². The smallest absolute Gasteiger partial charge is 0.341 e. The summed E-state index contributed by atoms with van der Waals surface area (Å²) in [5.74, 6) is -0.480. The molecule has 0 amide bonds. The molecule has 24 heavy (non-hydrogen) atoms. The van der Waals surface area contributed by atoms with Crippen LogP contribution in [0.2, 0.25) is 0 Å². The van der Waals surface area contributed by atoms with Gasteiger partial charge in [0.1, 0.15) is 11.5 Å². The van der Waals surface area contributed by atoms with E-state index in [0.29, 0.717) is 25.8 Å². The minimum absolute atomic E-state index is 0.152. The Labute approximate surface area is 154 Å². The van der Waals surface area contributed by atoms with Gasteiger partial charge in [-0.1, -0.05) is 0 Å². The van der Waals surface area contributed by atoms with Crippen molar-refractivity contribution >= 4 is 37.8 Å². The van der Waals surface area contributed by atoms with Gasteiger partial charge in [-0.2, -0.15) is 10.5 Å². The number of nitrogens with zero attached hydrogens (tertiary/aromatic N) is 2. The van der Waals surface area contributed by atoms with E-state index in [-0.39, 0.29) is 5.75 Å². The van der Waals surface area contributed by atoms with Crippen molar-refractivity contribution in [1.29, 1.82) is 10.5 Å². The summed E-state index contributed by atoms with van der Waals surface area (Å²) in [7, 11) is 0. The zero-order valence-corrected chi connectivity index (χ0v) is 15.2. The number of benzene rings is 2. The molecule has 0 aromatic heterocycles. The van der Waals surface area contributed by atoms with Crippen LogP contribution in [0.3, 0.4) is 0 Å². The Morgan fingerprint density at radius 2 is 1.58 bits per heavy atom. The number of ether oxygens (including phenoxy) is 1. The Kier molecular flexibility index (Phi) is 7.76. The van der Waals surface area contributed by atoms with E-state index in [9.17, 15) is 4.79 Å². The summed E-state index contributed by atoms with van der Waals surface area (Å²) in [5.41, 5.74) is 1.02. The maximum Gasteiger partial charge on any atom is 0.341 e. The predicted molar refractivity (Wildman–Crippen MR) is 92.5 cm³/mol. The lowest BCUT2D eigenvalue weighted by Gasteiger charge is -2.04. The lowest BCUT2D eigenvalue weighted by Crippen LogP contribution is -2.09. The van der Waals surface area contributed by atoms with Crippen LogP contribution in [0.25, 0.3) is 0 Å². The number of phenols is 1. The molecule has 2 N–H and O–H groups in total. The molecule has 0 saturated carbocycles. The van der Waals surface area contributed by atoms with Gasteiger partial charge in [-0.05, 0) is 68.3 Å². The maximum atomic E-state index is 10.2. The average Bonchev–Trinajstić information content (AvgIpc) is 2.56. The number of nitriles is 2. The normalized spacial score (nSPS) is 9.00. The van der Waals surface area contributed by atoms with E-state index >= 15 is 0 Å². The van der Waals surface area contributed by atoms with Gasteiger partial charge in [-0.15, -0.1) is 0 Å². The van der Waals surface area contributed by atoms with Gasteiger partial charge in [0.15, 0.2) is 6.61 Å². The van der Waals surface area contributed by atoms with Gasteiger partial charge in [0, 0.05) is 0 Å². The molecule has 0 radical (unpaired) electrons. The van der Waals surface area contributed by atoms with Crippen LogP contribution in [0.5, 0.6) is 11.5 Å². The summed E-state index contributed by atoms with van der Waals surface area (Å²) < 4.78 is 6.06. The standard InChI is InChI=1S/C9H6BrNO3.C7H4BrNO/c10-7-3-6(4-11)1-2-8(7)14-5-9(12)13;8-6-3-5(4-9)1-2-7(6)10/h1-3H,5H2,(H,12,13);1-3,10H. The first-order valence-corrected chi connectivity index (χ1v) is 7.88. The summed E-state index contributed by atoms with van der Waals surface area (Å²) in [5, 5.41) is 34.3. The number of aromatic hydroxyl groups is 1. The third-order valence-corrected chi connectivity index (χ3v) is 3.74. The molecule has 0 atom stereocenters. The maximum absolute atomic E-state index is 10.2. The molecule has 2 aromatic carbocycles. The van der Waals surface area contributed by atoms with Crippen LogP contribution in [0.1, 0.15) is 11.1 Å². The fraction of sp³-hybridized carbons (Fsp3) is 0.0625. The molecule has 0 saturated heterocycles. The Morgan fingerprint density at radius 3 is 2.04 bits per heavy atom. The molecule has 0 spiro atoms. The summed E-state index contributed by atoms with van der Waals surface area (Å²) in [6.45, 7) is -0.398. The van der Waals surface area contributed by atoms with Gasteiger partial charge < -0.3 is 14.9 Å². The Morgan fingerprint density at radius 1 is 1.04 bits per heavy atom. The number of halogens is 2. The number of hydrogen-bond acceptors (Lipinski definition) is 5. The third kappa shape index (κ3) is 6.29. The molecule has 6 nitrogen and oxygen atoms in total. The summed E-state index contributed by atoms with van der Waals surface area (Å²) in [4.78, 5) is 10.2. The first-order chi connectivity index (χ1) is 11.4. The molecular formula is C16H10Br2N2O4. The summed E-state index contributed by atoms with van der Waals surface area (Å²) >= 11 is 6.25. The van der Waals surface area contributed by atoms with Crippen LogP contribution < -0.4 is 4.74 Å². The van der Waals surface area contributed by atoms with Gasteiger partial charge in [-0.3, -0.25) is 0 Å². The minimum atomic E-state index is -1.04. The number of carboxylic acids is 1. The van der Waals surface area contributed by atoms with E-state index in [4.69, 9.17) is 25.5 Å². The number of hydrogen-bond donors (Lipinski definition) is 2. The highest BCUT2D eigenvalue weighted by Crippen LogP contribution is 2.25. The van der Waals surface area contributed by atoms with Gasteiger partial charge in [0.05, 0.1) is 32.2 Å². The lowest BCUT2D eigenvalue weighted by molar-refractivity contribution is -0.139. The van der Waals surface area contributed by atoms with Crippen molar-refractivity contribution < 1.29 is 19.7 Å². The van der Waals surface area contributed by atoms with Crippen LogP contribution in [-0.4, -0.2) is 22.8 Å². The fourth-order valence-electron chi connectivity index (χ4n) is 1.40. The monoisotopic (exact) mass is 452 g/mol. The molecule has 0 bridgehead atoms. The number of aliphatic carboxylic acids is 1. The molecule has 2 rings (SSSR count). The second kappa shape index (κ2) is 9.56. The SMILES string of the molecule is N#Cc1ccc(O)c(Br)c1.N#Cc1ccc(OCC(=O)O)c(Br)c1. The Balaban J connectivity index is 0.000000254. The molecule has 0 aliphatic carbocycles. The number of phenolic OH excluding ortho intramolecular Hbond substituents is 1. The third-order valence-electron chi connectivity index (χ3n) is 2.49. The van der Waals surface area contributed by atoms with Crippen LogP contribution in [-0.2, 0) is 4.79 Å².